The minimum absolute atomic E-state index is 0.0143. The molecule has 0 radical (unpaired) electrons. The molecular weight excluding hydrogens is 357 g/mol. The van der Waals surface area contributed by atoms with Crippen molar-refractivity contribution in [3.05, 3.63) is 39.5 Å². The molecule has 0 saturated carbocycles. The molecule has 0 aliphatic carbocycles. The summed E-state index contributed by atoms with van der Waals surface area (Å²) in [6.07, 6.45) is 0. The quantitative estimate of drug-likeness (QED) is 0.876. The zero-order valence-electron chi connectivity index (χ0n) is 13.6. The first-order chi connectivity index (χ1) is 10.4. The van der Waals surface area contributed by atoms with Gasteiger partial charge in [0.25, 0.3) is 10.0 Å². The van der Waals surface area contributed by atoms with Crippen LogP contribution in [0.3, 0.4) is 0 Å². The van der Waals surface area contributed by atoms with Gasteiger partial charge in [0.2, 0.25) is 0 Å². The van der Waals surface area contributed by atoms with Gasteiger partial charge in [-0.15, -0.1) is 0 Å². The molecule has 23 heavy (non-hydrogen) atoms. The van der Waals surface area contributed by atoms with Crippen molar-refractivity contribution in [2.75, 3.05) is 4.72 Å². The summed E-state index contributed by atoms with van der Waals surface area (Å²) in [7, 11) is -2.16. The fraction of sp³-hybridized carbons (Fsp3) is 0.400. The maximum atomic E-state index is 12.6. The standard InChI is InChI=1S/C15H19Cl2N3O2S/c1-9-6-12(11(17)7-10(9)16)23(21,22)19-14-8-13(15(2,3)4)18-20(14)5/h6-8,19H,1-5H3. The molecule has 0 spiro atoms. The molecule has 0 atom stereocenters. The summed E-state index contributed by atoms with van der Waals surface area (Å²) >= 11 is 12.0. The maximum absolute atomic E-state index is 12.6. The van der Waals surface area contributed by atoms with Crippen LogP contribution in [0.1, 0.15) is 32.0 Å². The van der Waals surface area contributed by atoms with Crippen molar-refractivity contribution >= 4 is 39.0 Å². The number of hydrogen-bond donors (Lipinski definition) is 1. The van der Waals surface area contributed by atoms with Crippen molar-refractivity contribution in [1.29, 1.82) is 0 Å². The summed E-state index contributed by atoms with van der Waals surface area (Å²) < 4.78 is 29.3. The van der Waals surface area contributed by atoms with E-state index in [9.17, 15) is 8.42 Å². The second-order valence-corrected chi connectivity index (χ2v) is 8.89. The Bertz CT molecular complexity index is 852. The van der Waals surface area contributed by atoms with Gasteiger partial charge in [0.05, 0.1) is 10.7 Å². The first-order valence-corrected chi connectivity index (χ1v) is 9.19. The fourth-order valence-corrected chi connectivity index (χ4v) is 3.87. The number of nitrogens with zero attached hydrogens (tertiary/aromatic N) is 2. The van der Waals surface area contributed by atoms with Crippen LogP contribution in [0.5, 0.6) is 0 Å². The van der Waals surface area contributed by atoms with Gasteiger partial charge >= 0.3 is 0 Å². The number of anilines is 1. The minimum atomic E-state index is -3.84. The number of rotatable bonds is 3. The second kappa shape index (κ2) is 6.00. The third-order valence-electron chi connectivity index (χ3n) is 3.39. The molecule has 126 valence electrons. The Morgan fingerprint density at radius 2 is 1.74 bits per heavy atom. The highest BCUT2D eigenvalue weighted by molar-refractivity contribution is 7.92. The lowest BCUT2D eigenvalue weighted by Gasteiger charge is -2.13. The maximum Gasteiger partial charge on any atom is 0.264 e. The lowest BCUT2D eigenvalue weighted by Crippen LogP contribution is -2.16. The van der Waals surface area contributed by atoms with Crippen LogP contribution in [-0.4, -0.2) is 18.2 Å². The van der Waals surface area contributed by atoms with Crippen LogP contribution in [0.2, 0.25) is 10.0 Å². The van der Waals surface area contributed by atoms with E-state index in [0.29, 0.717) is 16.4 Å². The van der Waals surface area contributed by atoms with E-state index >= 15 is 0 Å². The minimum Gasteiger partial charge on any atom is -0.264 e. The Balaban J connectivity index is 2.44. The molecule has 1 heterocycles. The molecule has 0 amide bonds. The van der Waals surface area contributed by atoms with E-state index in [1.54, 1.807) is 20.0 Å². The average molecular weight is 376 g/mol. The molecule has 2 aromatic rings. The molecular formula is C15H19Cl2N3O2S. The summed E-state index contributed by atoms with van der Waals surface area (Å²) in [5.74, 6) is 0.374. The normalized spacial score (nSPS) is 12.5. The van der Waals surface area contributed by atoms with E-state index < -0.39 is 10.0 Å². The average Bonchev–Trinajstić information content (AvgIpc) is 2.74. The van der Waals surface area contributed by atoms with Gasteiger partial charge in [0, 0.05) is 23.6 Å². The van der Waals surface area contributed by atoms with E-state index in [2.05, 4.69) is 9.82 Å². The van der Waals surface area contributed by atoms with Gasteiger partial charge in [0.1, 0.15) is 10.7 Å². The zero-order chi connectivity index (χ0) is 17.6. The summed E-state index contributed by atoms with van der Waals surface area (Å²) in [5, 5.41) is 4.85. The van der Waals surface area contributed by atoms with Crippen LogP contribution in [0.4, 0.5) is 5.82 Å². The lowest BCUT2D eigenvalue weighted by atomic mass is 9.92. The van der Waals surface area contributed by atoms with Gasteiger partial charge < -0.3 is 0 Å². The van der Waals surface area contributed by atoms with Gasteiger partial charge in [0.15, 0.2) is 0 Å². The highest BCUT2D eigenvalue weighted by atomic mass is 35.5. The van der Waals surface area contributed by atoms with Gasteiger partial charge in [-0.05, 0) is 24.6 Å². The molecule has 5 nitrogen and oxygen atoms in total. The molecule has 0 fully saturated rings. The second-order valence-electron chi connectivity index (χ2n) is 6.43. The molecule has 1 aromatic carbocycles. The first-order valence-electron chi connectivity index (χ1n) is 6.95. The monoisotopic (exact) mass is 375 g/mol. The molecule has 1 aromatic heterocycles. The Kier molecular flexibility index (Phi) is 4.72. The summed E-state index contributed by atoms with van der Waals surface area (Å²) in [5.41, 5.74) is 1.24. The molecule has 8 heteroatoms. The van der Waals surface area contributed by atoms with E-state index in [4.69, 9.17) is 23.2 Å². The topological polar surface area (TPSA) is 64.0 Å². The van der Waals surface area contributed by atoms with Crippen LogP contribution in [-0.2, 0) is 22.5 Å². The lowest BCUT2D eigenvalue weighted by molar-refractivity contribution is 0.553. The third-order valence-corrected chi connectivity index (χ3v) is 5.62. The van der Waals surface area contributed by atoms with E-state index in [1.807, 2.05) is 20.8 Å². The van der Waals surface area contributed by atoms with Gasteiger partial charge in [-0.1, -0.05) is 44.0 Å². The largest absolute Gasteiger partial charge is 0.264 e. The number of hydrogen-bond acceptors (Lipinski definition) is 3. The Morgan fingerprint density at radius 1 is 1.13 bits per heavy atom. The van der Waals surface area contributed by atoms with E-state index in [-0.39, 0.29) is 15.3 Å². The van der Waals surface area contributed by atoms with Gasteiger partial charge in [-0.3, -0.25) is 9.40 Å². The number of nitrogens with one attached hydrogen (secondary N) is 1. The summed E-state index contributed by atoms with van der Waals surface area (Å²) in [4.78, 5) is -0.0143. The number of sulfonamides is 1. The van der Waals surface area contributed by atoms with Crippen LogP contribution in [0.15, 0.2) is 23.1 Å². The van der Waals surface area contributed by atoms with Gasteiger partial charge in [-0.2, -0.15) is 5.10 Å². The molecule has 1 N–H and O–H groups in total. The van der Waals surface area contributed by atoms with Crippen LogP contribution in [0.25, 0.3) is 0 Å². The first kappa shape index (κ1) is 18.1. The Hall–Kier alpha value is -1.24. The fourth-order valence-electron chi connectivity index (χ4n) is 1.96. The Labute approximate surface area is 146 Å². The molecule has 0 unspecified atom stereocenters. The SMILES string of the molecule is Cc1cc(S(=O)(=O)Nc2cc(C(C)(C)C)nn2C)c(Cl)cc1Cl. The highest BCUT2D eigenvalue weighted by Gasteiger charge is 2.24. The molecule has 0 aliphatic rings. The zero-order valence-corrected chi connectivity index (χ0v) is 15.9. The predicted molar refractivity (Wildman–Crippen MR) is 93.9 cm³/mol. The molecule has 2 rings (SSSR count). The van der Waals surface area contributed by atoms with Crippen LogP contribution in [0, 0.1) is 6.92 Å². The Morgan fingerprint density at radius 3 is 2.26 bits per heavy atom. The van der Waals surface area contributed by atoms with Crippen molar-refractivity contribution in [3.8, 4) is 0 Å². The van der Waals surface area contributed by atoms with Crippen molar-refractivity contribution < 1.29 is 8.42 Å². The van der Waals surface area contributed by atoms with E-state index in [0.717, 1.165) is 5.69 Å². The van der Waals surface area contributed by atoms with Crippen molar-refractivity contribution in [2.45, 2.75) is 38.0 Å². The summed E-state index contributed by atoms with van der Waals surface area (Å²) in [6.45, 7) is 7.74. The molecule has 0 bridgehead atoms. The van der Waals surface area contributed by atoms with Crippen molar-refractivity contribution in [2.24, 2.45) is 7.05 Å². The number of halogens is 2. The van der Waals surface area contributed by atoms with Crippen molar-refractivity contribution in [1.82, 2.24) is 9.78 Å². The molecule has 0 aliphatic heterocycles. The smallest absolute Gasteiger partial charge is 0.264 e. The molecule has 0 saturated heterocycles. The van der Waals surface area contributed by atoms with Crippen LogP contribution >= 0.6 is 23.2 Å². The number of aryl methyl sites for hydroxylation is 2. The van der Waals surface area contributed by atoms with E-state index in [1.165, 1.54) is 16.8 Å². The van der Waals surface area contributed by atoms with Crippen LogP contribution < -0.4 is 4.72 Å². The number of benzene rings is 1. The third kappa shape index (κ3) is 3.82. The van der Waals surface area contributed by atoms with Gasteiger partial charge in [-0.25, -0.2) is 8.42 Å². The number of aromatic nitrogens is 2. The highest BCUT2D eigenvalue weighted by Crippen LogP contribution is 2.30. The summed E-state index contributed by atoms with van der Waals surface area (Å²) in [6, 6.07) is 4.60. The predicted octanol–water partition coefficient (Wildman–Crippen LogP) is 4.13. The van der Waals surface area contributed by atoms with Crippen molar-refractivity contribution in [3.63, 3.8) is 0 Å².